The number of urea groups is 1. The Morgan fingerprint density at radius 1 is 1.33 bits per heavy atom. The van der Waals surface area contributed by atoms with Crippen LogP contribution in [0.5, 0.6) is 5.75 Å². The molecule has 2 rings (SSSR count). The summed E-state index contributed by atoms with van der Waals surface area (Å²) in [5.41, 5.74) is 1.46. The molecule has 1 atom stereocenters. The number of carbonyl (C=O) groups excluding carboxylic acids is 3. The van der Waals surface area contributed by atoms with E-state index >= 15 is 0 Å². The molecule has 0 saturated carbocycles. The van der Waals surface area contributed by atoms with Crippen molar-refractivity contribution in [2.24, 2.45) is 0 Å². The second-order valence-corrected chi connectivity index (χ2v) is 6.08. The lowest BCUT2D eigenvalue weighted by molar-refractivity contribution is -0.866. The molecule has 0 fully saturated rings. The first-order valence-corrected chi connectivity index (χ1v) is 8.62. The number of methoxy groups -OCH3 is 1. The van der Waals surface area contributed by atoms with E-state index in [1.54, 1.807) is 45.3 Å². The molecule has 1 aliphatic heterocycles. The maximum Gasteiger partial charge on any atom is 0.337 e. The number of ether oxygens (including phenoxy) is 2. The number of anilines is 1. The molecule has 0 aliphatic carbocycles. The lowest BCUT2D eigenvalue weighted by atomic mass is 10.1. The van der Waals surface area contributed by atoms with Crippen molar-refractivity contribution in [1.82, 2.24) is 10.6 Å². The third-order valence-corrected chi connectivity index (χ3v) is 3.87. The van der Waals surface area contributed by atoms with Crippen LogP contribution in [0.25, 0.3) is 0 Å². The van der Waals surface area contributed by atoms with Crippen LogP contribution in [0.1, 0.15) is 6.92 Å². The largest absolute Gasteiger partial charge is 0.497 e. The summed E-state index contributed by atoms with van der Waals surface area (Å²) < 4.78 is 10.2. The normalized spacial score (nSPS) is 14.7. The fourth-order valence-corrected chi connectivity index (χ4v) is 2.64. The third-order valence-electron chi connectivity index (χ3n) is 3.87. The molecule has 146 valence electrons. The highest BCUT2D eigenvalue weighted by molar-refractivity contribution is 5.94. The van der Waals surface area contributed by atoms with Gasteiger partial charge in [0.05, 0.1) is 38.6 Å². The van der Waals surface area contributed by atoms with Gasteiger partial charge in [-0.3, -0.25) is 4.79 Å². The van der Waals surface area contributed by atoms with Gasteiger partial charge in [-0.2, -0.15) is 0 Å². The van der Waals surface area contributed by atoms with E-state index in [1.165, 1.54) is 0 Å². The molecule has 1 heterocycles. The van der Waals surface area contributed by atoms with Gasteiger partial charge in [-0.1, -0.05) is 6.07 Å². The summed E-state index contributed by atoms with van der Waals surface area (Å²) >= 11 is 0. The minimum atomic E-state index is -0.478. The van der Waals surface area contributed by atoms with Gasteiger partial charge in [0.25, 0.3) is 5.91 Å². The maximum absolute atomic E-state index is 12.3. The first kappa shape index (κ1) is 20.2. The van der Waals surface area contributed by atoms with Gasteiger partial charge in [0, 0.05) is 11.8 Å². The molecular weight excluding hydrogens is 352 g/mol. The summed E-state index contributed by atoms with van der Waals surface area (Å²) in [4.78, 5) is 36.7. The van der Waals surface area contributed by atoms with Crippen LogP contribution >= 0.6 is 0 Å². The lowest BCUT2D eigenvalue weighted by Gasteiger charge is -2.23. The molecule has 0 saturated heterocycles. The third kappa shape index (κ3) is 6.00. The van der Waals surface area contributed by atoms with E-state index in [-0.39, 0.29) is 31.6 Å². The number of esters is 1. The van der Waals surface area contributed by atoms with Crippen LogP contribution in [-0.4, -0.2) is 58.3 Å². The van der Waals surface area contributed by atoms with Crippen LogP contribution < -0.4 is 25.6 Å². The topological polar surface area (TPSA) is 110 Å². The molecule has 1 aromatic carbocycles. The van der Waals surface area contributed by atoms with Gasteiger partial charge in [-0.05, 0) is 19.1 Å². The van der Waals surface area contributed by atoms with E-state index in [1.807, 2.05) is 0 Å². The molecule has 0 spiro atoms. The van der Waals surface area contributed by atoms with Crippen LogP contribution in [-0.2, 0) is 14.3 Å². The van der Waals surface area contributed by atoms with Gasteiger partial charge in [0.1, 0.15) is 12.3 Å². The molecule has 0 radical (unpaired) electrons. The number of nitrogens with one attached hydrogen (secondary N) is 4. The van der Waals surface area contributed by atoms with Crippen molar-refractivity contribution in [3.05, 3.63) is 35.5 Å². The summed E-state index contributed by atoms with van der Waals surface area (Å²) in [7, 11) is 3.36. The molecule has 1 unspecified atom stereocenters. The average Bonchev–Trinajstić information content (AvgIpc) is 2.61. The summed E-state index contributed by atoms with van der Waals surface area (Å²) in [5, 5.41) is 7.98. The van der Waals surface area contributed by atoms with Gasteiger partial charge in [-0.25, -0.2) is 9.59 Å². The van der Waals surface area contributed by atoms with E-state index in [2.05, 4.69) is 16.0 Å². The number of carbonyl (C=O) groups is 3. The standard InChI is InChI=1S/C18H24N4O5/c1-4-27-17(24)14-9-19-18(25)21-15(14)10-22(2)11-16(23)20-12-6-5-7-13(8-12)26-3/h5-8H,4,9-11H2,1-3H3,(H,20,23)(H2,19,21,25)/p+1. The Balaban J connectivity index is 1.99. The Morgan fingerprint density at radius 2 is 2.11 bits per heavy atom. The zero-order chi connectivity index (χ0) is 19.8. The Morgan fingerprint density at radius 3 is 2.81 bits per heavy atom. The highest BCUT2D eigenvalue weighted by atomic mass is 16.5. The molecule has 1 aliphatic rings. The summed E-state index contributed by atoms with van der Waals surface area (Å²) in [6.45, 7) is 2.51. The summed E-state index contributed by atoms with van der Waals surface area (Å²) in [5.74, 6) is -0.0249. The molecular formula is C18H25N4O5+. The van der Waals surface area contributed by atoms with Crippen molar-refractivity contribution in [1.29, 1.82) is 0 Å². The minimum absolute atomic E-state index is 0.100. The van der Waals surface area contributed by atoms with Crippen molar-refractivity contribution in [2.45, 2.75) is 6.92 Å². The van der Waals surface area contributed by atoms with Crippen LogP contribution in [0.4, 0.5) is 10.5 Å². The van der Waals surface area contributed by atoms with E-state index in [0.717, 1.165) is 4.90 Å². The quantitative estimate of drug-likeness (QED) is 0.447. The molecule has 3 amide bonds. The Hall–Kier alpha value is -3.07. The zero-order valence-electron chi connectivity index (χ0n) is 15.7. The van der Waals surface area contributed by atoms with Crippen molar-refractivity contribution in [3.8, 4) is 5.75 Å². The molecule has 0 bridgehead atoms. The number of rotatable bonds is 8. The predicted molar refractivity (Wildman–Crippen MR) is 98.4 cm³/mol. The van der Waals surface area contributed by atoms with Crippen LogP contribution in [0.15, 0.2) is 35.5 Å². The summed E-state index contributed by atoms with van der Waals surface area (Å²) in [6.07, 6.45) is 0. The Kier molecular flexibility index (Phi) is 7.18. The number of benzene rings is 1. The lowest BCUT2D eigenvalue weighted by Crippen LogP contribution is -3.10. The average molecular weight is 377 g/mol. The van der Waals surface area contributed by atoms with Gasteiger partial charge in [0.2, 0.25) is 0 Å². The maximum atomic E-state index is 12.3. The van der Waals surface area contributed by atoms with E-state index < -0.39 is 5.97 Å². The fraction of sp³-hybridized carbons (Fsp3) is 0.389. The molecule has 0 aromatic heterocycles. The van der Waals surface area contributed by atoms with Crippen molar-refractivity contribution in [2.75, 3.05) is 45.7 Å². The number of quaternary nitrogens is 1. The molecule has 1 aromatic rings. The number of hydrogen-bond acceptors (Lipinski definition) is 5. The van der Waals surface area contributed by atoms with Gasteiger partial charge in [0.15, 0.2) is 6.54 Å². The Bertz CT molecular complexity index is 747. The van der Waals surface area contributed by atoms with Gasteiger partial charge < -0.3 is 30.3 Å². The highest BCUT2D eigenvalue weighted by Crippen LogP contribution is 2.16. The first-order valence-electron chi connectivity index (χ1n) is 8.62. The second kappa shape index (κ2) is 9.58. The van der Waals surface area contributed by atoms with Crippen LogP contribution in [0.3, 0.4) is 0 Å². The Labute approximate surface area is 157 Å². The smallest absolute Gasteiger partial charge is 0.337 e. The highest BCUT2D eigenvalue weighted by Gasteiger charge is 2.26. The SMILES string of the molecule is CCOC(=O)C1=C(C[NH+](C)CC(=O)Nc2cccc(OC)c2)NC(=O)NC1. The second-order valence-electron chi connectivity index (χ2n) is 6.08. The minimum Gasteiger partial charge on any atom is -0.497 e. The number of amides is 3. The number of likely N-dealkylation sites (N-methyl/N-ethyl adjacent to an activating group) is 1. The summed E-state index contributed by atoms with van der Waals surface area (Å²) in [6, 6.07) is 6.68. The molecule has 9 nitrogen and oxygen atoms in total. The molecule has 27 heavy (non-hydrogen) atoms. The molecule has 9 heteroatoms. The van der Waals surface area contributed by atoms with E-state index in [4.69, 9.17) is 9.47 Å². The first-order chi connectivity index (χ1) is 12.9. The number of hydrogen-bond donors (Lipinski definition) is 4. The van der Waals surface area contributed by atoms with Crippen molar-refractivity contribution >= 4 is 23.6 Å². The fourth-order valence-electron chi connectivity index (χ4n) is 2.64. The van der Waals surface area contributed by atoms with Gasteiger partial charge in [-0.15, -0.1) is 0 Å². The van der Waals surface area contributed by atoms with Crippen molar-refractivity contribution < 1.29 is 28.8 Å². The van der Waals surface area contributed by atoms with Gasteiger partial charge >= 0.3 is 12.0 Å². The van der Waals surface area contributed by atoms with E-state index in [0.29, 0.717) is 29.3 Å². The monoisotopic (exact) mass is 377 g/mol. The van der Waals surface area contributed by atoms with Crippen molar-refractivity contribution in [3.63, 3.8) is 0 Å². The predicted octanol–water partition coefficient (Wildman–Crippen LogP) is -0.722. The van der Waals surface area contributed by atoms with Crippen LogP contribution in [0.2, 0.25) is 0 Å². The van der Waals surface area contributed by atoms with Crippen LogP contribution in [0, 0.1) is 0 Å². The molecule has 4 N–H and O–H groups in total. The zero-order valence-corrected chi connectivity index (χ0v) is 15.7. The van der Waals surface area contributed by atoms with E-state index in [9.17, 15) is 14.4 Å².